The molecule has 0 spiro atoms. The number of rotatable bonds is 40. The number of aliphatic carboxylic acids is 3. The Kier molecular flexibility index (Phi) is 42.8. The van der Waals surface area contributed by atoms with E-state index < -0.39 is 211 Å². The van der Waals surface area contributed by atoms with Gasteiger partial charge >= 0.3 is 17.9 Å². The molecule has 2 aliphatic heterocycles. The van der Waals surface area contributed by atoms with E-state index in [2.05, 4.69) is 85.3 Å². The average molecular weight is 1930 g/mol. The van der Waals surface area contributed by atoms with Crippen LogP contribution in [0.1, 0.15) is 208 Å². The second-order valence-corrected chi connectivity index (χ2v) is 36.8. The number of carbonyl (C=O) groups excluding carboxylic acids is 13. The molecule has 13 amide bonds. The van der Waals surface area contributed by atoms with E-state index in [1.807, 2.05) is 24.3 Å². The molecule has 37 nitrogen and oxygen atoms in total. The number of thioether (sulfide) groups is 2. The summed E-state index contributed by atoms with van der Waals surface area (Å²) in [5.41, 5.74) is 7.75. The fourth-order valence-electron chi connectivity index (χ4n) is 16.3. The zero-order chi connectivity index (χ0) is 98.2. The van der Waals surface area contributed by atoms with E-state index in [1.54, 1.807) is 0 Å². The summed E-state index contributed by atoms with van der Waals surface area (Å²) >= 11 is 2.66. The lowest BCUT2D eigenvalue weighted by atomic mass is 9.95. The molecule has 41 heteroatoms. The minimum Gasteiger partial charge on any atom is -0.508 e. The number of halogens is 2. The van der Waals surface area contributed by atoms with Gasteiger partial charge in [-0.15, -0.1) is 0 Å². The van der Waals surface area contributed by atoms with Gasteiger partial charge in [0.1, 0.15) is 77.3 Å². The highest BCUT2D eigenvalue weighted by molar-refractivity contribution is 7.98. The van der Waals surface area contributed by atoms with Gasteiger partial charge in [0.25, 0.3) is 0 Å². The average Bonchev–Trinajstić information content (AvgIpc) is 1.58. The van der Waals surface area contributed by atoms with Crippen LogP contribution in [0, 0.1) is 11.6 Å². The van der Waals surface area contributed by atoms with Gasteiger partial charge in [-0.3, -0.25) is 67.1 Å². The second-order valence-electron chi connectivity index (χ2n) is 34.6. The number of carbonyl (C=O) groups is 16. The Balaban J connectivity index is 0.923. The molecule has 2 aliphatic rings. The number of nitrogens with one attached hydrogen (secondary N) is 14. The summed E-state index contributed by atoms with van der Waals surface area (Å²) in [7, 11) is 0. The van der Waals surface area contributed by atoms with E-state index in [9.17, 15) is 78.0 Å². The van der Waals surface area contributed by atoms with Gasteiger partial charge in [0.05, 0.1) is 19.3 Å². The molecule has 7 aromatic rings. The standard InChI is InChI=1S/C95H125F2N17O20S2/c1-3-4-5-6-7-8-9-10-11-12-13-14-15-23-80(117)106-72(93(132)133)33-35-81(118)107-71(92(130)131)32-34-79(116)100-38-17-16-22-70-86(124)103-52-83(120)108-73(43-60-49-101-68-30-26-62(96)45-66(60)68)87(125)109-74(44-61-50-102-69-31-27-63(97)46-67(61)69)88(126)111-76(48-84(121)122)90(128)110-75(47-64-51-99-56-104-64)89(127)112-77(42-57-24-28-65(115)29-25-57)91(129)114-39-19-37-95(114,2)94(134)113-78(85(98)123)55-136-54-59-21-18-20-58(41-59)53-135-40-36-82(119)105-70/h18,20-21,24-31,41,45-46,49-51,56,70-78,101-102,115H,3-17,19,22-23,32-40,42-44,47-48,52-55H2,1-2H3,(H2,98,123)(H,99,104)(H,100,116)(H,103,124)(H,105,119)(H,106,117)(H,107,118)(H,108,120)(H,109,125)(H,110,128)(H,111,126)(H,112,127)(H,113,134)(H,121,122)(H,130,131)(H,132,133)/t70-,71-,72-,73-,74-,75-,76-,77-,78-,95-/m0/s1. The summed E-state index contributed by atoms with van der Waals surface area (Å²) < 4.78 is 30.3. The fraction of sp³-hybridized carbons (Fsp3) is 0.505. The zero-order valence-electron chi connectivity index (χ0n) is 76.4. The molecule has 0 saturated carbocycles. The molecular weight excluding hydrogens is 1800 g/mol. The Hall–Kier alpha value is -13.0. The predicted octanol–water partition coefficient (Wildman–Crippen LogP) is 6.51. The molecule has 20 N–H and O–H groups in total. The van der Waals surface area contributed by atoms with Crippen molar-refractivity contribution in [3.05, 3.63) is 155 Å². The first-order valence-electron chi connectivity index (χ1n) is 46.2. The number of phenolic OH excluding ortho intramolecular Hbond substituents is 1. The Labute approximate surface area is 794 Å². The number of benzene rings is 4. The number of hydrogen-bond donors (Lipinski definition) is 19. The summed E-state index contributed by atoms with van der Waals surface area (Å²) in [6.07, 6.45) is 15.8. The summed E-state index contributed by atoms with van der Waals surface area (Å²) in [5.74, 6) is -16.7. The first-order valence-corrected chi connectivity index (χ1v) is 48.6. The largest absolute Gasteiger partial charge is 0.508 e. The van der Waals surface area contributed by atoms with Crippen molar-refractivity contribution >= 4 is 140 Å². The summed E-state index contributed by atoms with van der Waals surface area (Å²) in [4.78, 5) is 238. The quantitative estimate of drug-likeness (QED) is 0.0182. The van der Waals surface area contributed by atoms with Gasteiger partial charge in [-0.25, -0.2) is 23.4 Å². The van der Waals surface area contributed by atoms with Crippen molar-refractivity contribution in [2.24, 2.45) is 5.73 Å². The Morgan fingerprint density at radius 1 is 0.559 bits per heavy atom. The van der Waals surface area contributed by atoms with Crippen LogP contribution in [0.25, 0.3) is 21.8 Å². The van der Waals surface area contributed by atoms with Crippen LogP contribution in [0.3, 0.4) is 0 Å². The number of hydrogen-bond acceptors (Lipinski definition) is 20. The lowest BCUT2D eigenvalue weighted by Crippen LogP contribution is -2.63. The minimum atomic E-state index is -2.11. The van der Waals surface area contributed by atoms with Gasteiger partial charge in [-0.05, 0) is 135 Å². The molecule has 2 bridgehead atoms. The number of fused-ring (bicyclic) bond motifs is 5. The highest BCUT2D eigenvalue weighted by atomic mass is 32.2. The number of carboxylic acid groups (broad SMARTS) is 3. The van der Waals surface area contributed by atoms with Crippen molar-refractivity contribution in [1.82, 2.24) is 83.3 Å². The number of aromatic nitrogens is 4. The van der Waals surface area contributed by atoms with Crippen molar-refractivity contribution in [3.63, 3.8) is 0 Å². The number of nitrogens with zero attached hydrogens (tertiary/aromatic N) is 2. The van der Waals surface area contributed by atoms with Gasteiger partial charge in [0.2, 0.25) is 76.8 Å². The van der Waals surface area contributed by atoms with Crippen LogP contribution in [0.5, 0.6) is 5.75 Å². The van der Waals surface area contributed by atoms with E-state index in [-0.39, 0.29) is 122 Å². The summed E-state index contributed by atoms with van der Waals surface area (Å²) in [6.45, 7) is 2.75. The SMILES string of the molecule is CCCCCCCCCCCCCCCC(=O)N[C@@H](CCC(=O)N[C@@H](CCC(=O)NCCCC[C@@H]1NC(=O)CCSCc2cccc(c2)CSC[C@@H](C(N)=O)NC(=O)[C@]2(C)CCCN2C(=O)[C@H](Cc2ccc(O)cc2)NC(=O)[C@H](Cc2cnc[nH]2)NC(=O)[C@H](CC(=O)O)NC(=O)[C@H](Cc2c[nH]c3ccc(F)cc23)NC(=O)[C@H](Cc2c[nH]c3ccc(F)cc23)NC(=O)CNC1=O)C(=O)O)C(=O)O. The maximum atomic E-state index is 15.3. The highest BCUT2D eigenvalue weighted by Crippen LogP contribution is 2.32. The van der Waals surface area contributed by atoms with Crippen molar-refractivity contribution in [2.75, 3.05) is 31.1 Å². The first kappa shape index (κ1) is 107. The summed E-state index contributed by atoms with van der Waals surface area (Å²) in [5, 5.41) is 69.4. The third-order valence-electron chi connectivity index (χ3n) is 23.9. The number of aromatic hydroxyl groups is 1. The number of carboxylic acids is 3. The molecule has 4 aromatic carbocycles. The molecule has 1 saturated heterocycles. The van der Waals surface area contributed by atoms with Gasteiger partial charge in [0.15, 0.2) is 0 Å². The maximum Gasteiger partial charge on any atom is 0.326 e. The van der Waals surface area contributed by atoms with Gasteiger partial charge in [0, 0.05) is 134 Å². The van der Waals surface area contributed by atoms with Gasteiger partial charge in [-0.1, -0.05) is 120 Å². The van der Waals surface area contributed by atoms with Crippen molar-refractivity contribution < 1.29 is 106 Å². The molecule has 0 unspecified atom stereocenters. The number of H-pyrrole nitrogens is 3. The van der Waals surface area contributed by atoms with E-state index >= 15 is 28.0 Å². The van der Waals surface area contributed by atoms with Crippen molar-refractivity contribution in [2.45, 2.75) is 271 Å². The molecule has 736 valence electrons. The van der Waals surface area contributed by atoms with Gasteiger partial charge in [-0.2, -0.15) is 23.5 Å². The van der Waals surface area contributed by atoms with Crippen LogP contribution in [-0.2, 0) is 114 Å². The third kappa shape index (κ3) is 34.8. The Morgan fingerprint density at radius 3 is 1.65 bits per heavy atom. The van der Waals surface area contributed by atoms with Crippen molar-refractivity contribution in [1.29, 1.82) is 0 Å². The number of imidazole rings is 1. The molecule has 1 fully saturated rings. The molecule has 3 aromatic heterocycles. The second kappa shape index (κ2) is 54.6. The maximum absolute atomic E-state index is 15.3. The normalized spacial score (nSPS) is 20.2. The molecule has 9 rings (SSSR count). The van der Waals surface area contributed by atoms with E-state index in [4.69, 9.17) is 5.73 Å². The van der Waals surface area contributed by atoms with E-state index in [0.717, 1.165) is 55.0 Å². The lowest BCUT2D eigenvalue weighted by Gasteiger charge is -2.37. The molecule has 0 aliphatic carbocycles. The molecule has 10 atom stereocenters. The number of primary amides is 1. The fourth-order valence-corrected chi connectivity index (χ4v) is 18.2. The Bertz CT molecular complexity index is 5270. The monoisotopic (exact) mass is 1930 g/mol. The lowest BCUT2D eigenvalue weighted by molar-refractivity contribution is -0.147. The van der Waals surface area contributed by atoms with Crippen LogP contribution in [-0.4, -0.2) is 231 Å². The first-order chi connectivity index (χ1) is 65.2. The Morgan fingerprint density at radius 2 is 1.09 bits per heavy atom. The van der Waals surface area contributed by atoms with E-state index in [0.29, 0.717) is 34.5 Å². The van der Waals surface area contributed by atoms with Crippen LogP contribution in [0.15, 0.2) is 110 Å². The van der Waals surface area contributed by atoms with Crippen molar-refractivity contribution in [3.8, 4) is 5.75 Å². The number of amides is 13. The molecule has 0 radical (unpaired) electrons. The highest BCUT2D eigenvalue weighted by Gasteiger charge is 2.49. The van der Waals surface area contributed by atoms with Crippen LogP contribution in [0.2, 0.25) is 0 Å². The topological polar surface area (TPSA) is 576 Å². The summed E-state index contributed by atoms with van der Waals surface area (Å²) in [6, 6.07) is 5.86. The number of phenols is 1. The number of aromatic amines is 3. The third-order valence-corrected chi connectivity index (χ3v) is 26.1. The molecule has 5 heterocycles. The molecular formula is C95H125F2N17O20S2. The molecule has 136 heavy (non-hydrogen) atoms. The minimum absolute atomic E-state index is 0.0168. The van der Waals surface area contributed by atoms with Gasteiger partial charge < -0.3 is 104 Å². The van der Waals surface area contributed by atoms with E-state index in [1.165, 1.54) is 154 Å². The number of nitrogens with two attached hydrogens (primary N) is 1. The van der Waals surface area contributed by atoms with Crippen LogP contribution in [0.4, 0.5) is 8.78 Å². The predicted molar refractivity (Wildman–Crippen MR) is 504 cm³/mol. The number of unbranched alkanes of at least 4 members (excludes halogenated alkanes) is 13. The van der Waals surface area contributed by atoms with Crippen LogP contribution < -0.4 is 64.2 Å². The smallest absolute Gasteiger partial charge is 0.326 e. The zero-order valence-corrected chi connectivity index (χ0v) is 78.0. The van der Waals surface area contributed by atoms with Crippen LogP contribution >= 0.6 is 23.5 Å².